The molecule has 34 heavy (non-hydrogen) atoms. The van der Waals surface area contributed by atoms with Gasteiger partial charge >= 0.3 is 0 Å². The molecule has 5 rings (SSSR count). The van der Waals surface area contributed by atoms with Crippen LogP contribution in [-0.4, -0.2) is 20.9 Å². The normalized spacial score (nSPS) is 11.0. The topological polar surface area (TPSA) is 132 Å². The first-order chi connectivity index (χ1) is 16.4. The molecule has 0 unspecified atom stereocenters. The van der Waals surface area contributed by atoms with Gasteiger partial charge in [0.2, 0.25) is 5.89 Å². The number of nitrogens with zero attached hydrogens (tertiary/aromatic N) is 2. The minimum absolute atomic E-state index is 0.0214. The summed E-state index contributed by atoms with van der Waals surface area (Å²) >= 11 is 0. The van der Waals surface area contributed by atoms with Gasteiger partial charge in [-0.2, -0.15) is 0 Å². The van der Waals surface area contributed by atoms with Crippen molar-refractivity contribution in [2.45, 2.75) is 6.92 Å². The number of nitro benzene ring substituents is 1. The lowest BCUT2D eigenvalue weighted by atomic mass is 10.1. The summed E-state index contributed by atoms with van der Waals surface area (Å²) in [5.74, 6) is 0.110. The number of non-ortho nitro benzene ring substituents is 1. The largest absolute Gasteiger partial charge is 0.507 e. The average molecular weight is 455 g/mol. The molecule has 0 radical (unpaired) electrons. The zero-order valence-corrected chi connectivity index (χ0v) is 17.8. The second-order valence-electron chi connectivity index (χ2n) is 7.59. The number of hydrogen-bond acceptors (Lipinski definition) is 7. The molecule has 0 saturated carbocycles. The summed E-state index contributed by atoms with van der Waals surface area (Å²) in [6.45, 7) is 1.73. The first-order valence-corrected chi connectivity index (χ1v) is 10.2. The lowest BCUT2D eigenvalue weighted by Gasteiger charge is -2.06. The van der Waals surface area contributed by atoms with E-state index in [-0.39, 0.29) is 23.1 Å². The number of carbonyl (C=O) groups is 1. The van der Waals surface area contributed by atoms with Crippen molar-refractivity contribution in [3.05, 3.63) is 94.2 Å². The molecule has 2 aromatic heterocycles. The van der Waals surface area contributed by atoms with E-state index in [9.17, 15) is 20.0 Å². The van der Waals surface area contributed by atoms with Gasteiger partial charge < -0.3 is 19.3 Å². The molecule has 1 amide bonds. The molecule has 0 atom stereocenters. The molecular formula is C25H17N3O6. The van der Waals surface area contributed by atoms with Gasteiger partial charge in [-0.05, 0) is 55.0 Å². The molecular weight excluding hydrogens is 438 g/mol. The number of fused-ring (bicyclic) bond motifs is 1. The third-order valence-corrected chi connectivity index (χ3v) is 5.30. The molecule has 3 aromatic carbocycles. The van der Waals surface area contributed by atoms with Gasteiger partial charge in [0.1, 0.15) is 17.0 Å². The molecule has 2 heterocycles. The molecule has 168 valence electrons. The molecule has 0 saturated heterocycles. The summed E-state index contributed by atoms with van der Waals surface area (Å²) < 4.78 is 11.4. The number of amides is 1. The smallest absolute Gasteiger partial charge is 0.291 e. The van der Waals surface area contributed by atoms with E-state index in [1.54, 1.807) is 37.3 Å². The van der Waals surface area contributed by atoms with Crippen LogP contribution < -0.4 is 5.32 Å². The number of nitrogens with one attached hydrogen (secondary N) is 1. The van der Waals surface area contributed by atoms with Crippen molar-refractivity contribution < 1.29 is 23.7 Å². The number of anilines is 1. The molecule has 9 nitrogen and oxygen atoms in total. The van der Waals surface area contributed by atoms with Crippen molar-refractivity contribution in [2.24, 2.45) is 0 Å². The number of nitro groups is 1. The number of furan rings is 1. The summed E-state index contributed by atoms with van der Waals surface area (Å²) in [6.07, 6.45) is 0. The molecule has 0 spiro atoms. The van der Waals surface area contributed by atoms with Gasteiger partial charge in [-0.25, -0.2) is 4.98 Å². The van der Waals surface area contributed by atoms with Crippen LogP contribution in [0.25, 0.3) is 33.9 Å². The van der Waals surface area contributed by atoms with E-state index in [1.807, 2.05) is 18.2 Å². The zero-order valence-electron chi connectivity index (χ0n) is 17.8. The lowest BCUT2D eigenvalue weighted by Crippen LogP contribution is -2.10. The fraction of sp³-hybridized carbons (Fsp3) is 0.0400. The van der Waals surface area contributed by atoms with Crippen molar-refractivity contribution in [2.75, 3.05) is 5.32 Å². The van der Waals surface area contributed by atoms with Gasteiger partial charge in [0.25, 0.3) is 11.6 Å². The van der Waals surface area contributed by atoms with E-state index in [0.717, 1.165) is 0 Å². The van der Waals surface area contributed by atoms with Crippen molar-refractivity contribution in [1.29, 1.82) is 0 Å². The van der Waals surface area contributed by atoms with Crippen LogP contribution in [0.3, 0.4) is 0 Å². The van der Waals surface area contributed by atoms with Crippen molar-refractivity contribution in [3.63, 3.8) is 0 Å². The van der Waals surface area contributed by atoms with E-state index in [0.29, 0.717) is 39.2 Å². The molecule has 2 N–H and O–H groups in total. The van der Waals surface area contributed by atoms with Gasteiger partial charge in [0, 0.05) is 29.4 Å². The van der Waals surface area contributed by atoms with Crippen molar-refractivity contribution >= 4 is 28.4 Å². The van der Waals surface area contributed by atoms with E-state index >= 15 is 0 Å². The maximum absolute atomic E-state index is 12.7. The fourth-order valence-corrected chi connectivity index (χ4v) is 3.61. The third kappa shape index (κ3) is 3.86. The van der Waals surface area contributed by atoms with Crippen molar-refractivity contribution in [3.8, 4) is 28.5 Å². The first kappa shape index (κ1) is 21.0. The number of carbonyl (C=O) groups excluding carboxylic acids is 1. The number of phenols is 1. The number of para-hydroxylation sites is 2. The van der Waals surface area contributed by atoms with Crippen LogP contribution in [0.15, 0.2) is 81.6 Å². The van der Waals surface area contributed by atoms with Gasteiger partial charge in [0.05, 0.1) is 10.5 Å². The van der Waals surface area contributed by atoms with Crippen LogP contribution >= 0.6 is 0 Å². The summed E-state index contributed by atoms with van der Waals surface area (Å²) in [5.41, 5.74) is 3.29. The summed E-state index contributed by atoms with van der Waals surface area (Å²) in [6, 6.07) is 19.4. The number of aromatic hydroxyl groups is 1. The Kier molecular flexibility index (Phi) is 5.06. The molecule has 0 aliphatic heterocycles. The molecule has 0 aliphatic rings. The molecule has 0 aliphatic carbocycles. The number of phenolic OH excluding ortho intramolecular Hbond substituents is 1. The maximum atomic E-state index is 12.7. The van der Waals surface area contributed by atoms with Crippen LogP contribution in [0.5, 0.6) is 5.75 Å². The number of aryl methyl sites for hydroxylation is 1. The van der Waals surface area contributed by atoms with Crippen molar-refractivity contribution in [1.82, 2.24) is 4.98 Å². The average Bonchev–Trinajstić information content (AvgIpc) is 3.46. The summed E-state index contributed by atoms with van der Waals surface area (Å²) in [4.78, 5) is 27.5. The van der Waals surface area contributed by atoms with Gasteiger partial charge in [-0.1, -0.05) is 12.1 Å². The Morgan fingerprint density at radius 2 is 1.79 bits per heavy atom. The highest BCUT2D eigenvalue weighted by Crippen LogP contribution is 2.33. The van der Waals surface area contributed by atoms with Crippen LogP contribution in [0.1, 0.15) is 16.1 Å². The Hall–Kier alpha value is -4.92. The van der Waals surface area contributed by atoms with E-state index in [1.165, 1.54) is 24.3 Å². The predicted molar refractivity (Wildman–Crippen MR) is 125 cm³/mol. The predicted octanol–water partition coefficient (Wildman–Crippen LogP) is 5.93. The van der Waals surface area contributed by atoms with E-state index in [2.05, 4.69) is 10.3 Å². The second-order valence-corrected chi connectivity index (χ2v) is 7.59. The van der Waals surface area contributed by atoms with Gasteiger partial charge in [-0.15, -0.1) is 0 Å². The molecule has 0 bridgehead atoms. The lowest BCUT2D eigenvalue weighted by molar-refractivity contribution is -0.384. The monoisotopic (exact) mass is 455 g/mol. The van der Waals surface area contributed by atoms with Crippen LogP contribution in [0.4, 0.5) is 11.4 Å². The second kappa shape index (κ2) is 8.21. The van der Waals surface area contributed by atoms with Crippen LogP contribution in [0.2, 0.25) is 0 Å². The van der Waals surface area contributed by atoms with E-state index < -0.39 is 10.8 Å². The summed E-state index contributed by atoms with van der Waals surface area (Å²) in [7, 11) is 0. The molecule has 9 heteroatoms. The van der Waals surface area contributed by atoms with Crippen LogP contribution in [-0.2, 0) is 0 Å². The number of oxazole rings is 1. The molecule has 5 aromatic rings. The molecule has 0 fully saturated rings. The zero-order chi connectivity index (χ0) is 23.8. The highest BCUT2D eigenvalue weighted by atomic mass is 16.6. The van der Waals surface area contributed by atoms with E-state index in [4.69, 9.17) is 8.83 Å². The van der Waals surface area contributed by atoms with Gasteiger partial charge in [-0.3, -0.25) is 14.9 Å². The first-order valence-electron chi connectivity index (χ1n) is 10.2. The fourth-order valence-electron chi connectivity index (χ4n) is 3.61. The Morgan fingerprint density at radius 3 is 2.53 bits per heavy atom. The third-order valence-electron chi connectivity index (χ3n) is 5.30. The quantitative estimate of drug-likeness (QED) is 0.248. The maximum Gasteiger partial charge on any atom is 0.291 e. The van der Waals surface area contributed by atoms with Gasteiger partial charge in [0.15, 0.2) is 11.3 Å². The SMILES string of the molecule is Cc1cc([N+](=O)[O-])ccc1-c1ccc(C(=O)Nc2ccc(-c3nc4ccccc4o3)c(O)c2)o1. The highest BCUT2D eigenvalue weighted by molar-refractivity contribution is 6.03. The highest BCUT2D eigenvalue weighted by Gasteiger charge is 2.17. The Morgan fingerprint density at radius 1 is 1.00 bits per heavy atom. The summed E-state index contributed by atoms with van der Waals surface area (Å²) in [5, 5.41) is 24.1. The Balaban J connectivity index is 1.34. The number of rotatable bonds is 5. The minimum Gasteiger partial charge on any atom is -0.507 e. The number of benzene rings is 3. The Labute approximate surface area is 192 Å². The number of aromatic nitrogens is 1. The standard InChI is InChI=1S/C25H17N3O6/c1-14-12-16(28(31)32)7-9-17(14)21-10-11-23(33-21)24(30)26-15-6-8-18(20(29)13-15)25-27-19-4-2-3-5-22(19)34-25/h2-13,29H,1H3,(H,26,30). The number of hydrogen-bond donors (Lipinski definition) is 2. The Bertz CT molecular complexity index is 1530. The minimum atomic E-state index is -0.514. The van der Waals surface area contributed by atoms with Crippen LogP contribution in [0, 0.1) is 17.0 Å².